The van der Waals surface area contributed by atoms with E-state index in [1.165, 1.54) is 0 Å². The van der Waals surface area contributed by atoms with Gasteiger partial charge in [0.05, 0.1) is 0 Å². The number of aryl methyl sites for hydroxylation is 3. The van der Waals surface area contributed by atoms with Gasteiger partial charge >= 0.3 is 0 Å². The predicted octanol–water partition coefficient (Wildman–Crippen LogP) is 1.93. The van der Waals surface area contributed by atoms with E-state index in [9.17, 15) is 0 Å². The smallest absolute Gasteiger partial charge is 0.161 e. The van der Waals surface area contributed by atoms with Crippen molar-refractivity contribution >= 4 is 5.82 Å². The van der Waals surface area contributed by atoms with E-state index in [0.717, 1.165) is 59.1 Å². The van der Waals surface area contributed by atoms with Crippen LogP contribution in [0.15, 0.2) is 12.1 Å². The first-order valence-electron chi connectivity index (χ1n) is 6.49. The number of hydrogen-bond acceptors (Lipinski definition) is 5. The normalized spacial score (nSPS) is 13.4. The standard InChI is InChI=1S/C14H17N5/c1-8-6-10(7-9(2)16-8)13-17-12-5-3-4-11(12)14(18-13)19-15/h6-7H,3-5,15H2,1-2H3,(H,17,18,19). The van der Waals surface area contributed by atoms with Crippen LogP contribution >= 0.6 is 0 Å². The van der Waals surface area contributed by atoms with E-state index < -0.39 is 0 Å². The molecule has 1 aliphatic carbocycles. The fraction of sp³-hybridized carbons (Fsp3) is 0.357. The Morgan fingerprint density at radius 3 is 2.47 bits per heavy atom. The van der Waals surface area contributed by atoms with Crippen LogP contribution in [-0.2, 0) is 12.8 Å². The molecule has 0 amide bonds. The number of aromatic nitrogens is 3. The van der Waals surface area contributed by atoms with Crippen LogP contribution in [0.5, 0.6) is 0 Å². The topological polar surface area (TPSA) is 76.7 Å². The predicted molar refractivity (Wildman–Crippen MR) is 74.6 cm³/mol. The van der Waals surface area contributed by atoms with Crippen molar-refractivity contribution in [2.75, 3.05) is 5.43 Å². The molecule has 3 rings (SSSR count). The first-order valence-corrected chi connectivity index (χ1v) is 6.49. The molecular weight excluding hydrogens is 238 g/mol. The van der Waals surface area contributed by atoms with Crippen molar-refractivity contribution in [1.29, 1.82) is 0 Å². The second kappa shape index (κ2) is 4.59. The average molecular weight is 255 g/mol. The average Bonchev–Trinajstić information content (AvgIpc) is 2.84. The van der Waals surface area contributed by atoms with E-state index in [-0.39, 0.29) is 0 Å². The maximum absolute atomic E-state index is 5.58. The second-order valence-corrected chi connectivity index (χ2v) is 4.96. The molecule has 1 aliphatic rings. The van der Waals surface area contributed by atoms with Crippen LogP contribution in [-0.4, -0.2) is 15.0 Å². The van der Waals surface area contributed by atoms with Crippen LogP contribution in [0, 0.1) is 13.8 Å². The van der Waals surface area contributed by atoms with Crippen molar-refractivity contribution in [3.05, 3.63) is 34.8 Å². The summed E-state index contributed by atoms with van der Waals surface area (Å²) in [5.41, 5.74) is 7.92. The van der Waals surface area contributed by atoms with Crippen LogP contribution in [0.3, 0.4) is 0 Å². The highest BCUT2D eigenvalue weighted by Crippen LogP contribution is 2.28. The minimum atomic E-state index is 0.724. The highest BCUT2D eigenvalue weighted by molar-refractivity contribution is 5.61. The summed E-state index contributed by atoms with van der Waals surface area (Å²) in [6.45, 7) is 3.96. The summed E-state index contributed by atoms with van der Waals surface area (Å²) in [4.78, 5) is 13.6. The molecule has 2 aromatic rings. The SMILES string of the molecule is Cc1cc(-c2nc3c(c(NN)n2)CCC3)cc(C)n1. The molecule has 0 saturated heterocycles. The highest BCUT2D eigenvalue weighted by atomic mass is 15.3. The van der Waals surface area contributed by atoms with Gasteiger partial charge < -0.3 is 5.43 Å². The number of pyridine rings is 1. The fourth-order valence-electron chi connectivity index (χ4n) is 2.64. The van der Waals surface area contributed by atoms with Crippen molar-refractivity contribution < 1.29 is 0 Å². The summed E-state index contributed by atoms with van der Waals surface area (Å²) in [5, 5.41) is 0. The number of nitrogen functional groups attached to an aromatic ring is 1. The Kier molecular flexibility index (Phi) is 2.91. The Balaban J connectivity index is 2.15. The monoisotopic (exact) mass is 255 g/mol. The van der Waals surface area contributed by atoms with E-state index in [1.54, 1.807) is 0 Å². The van der Waals surface area contributed by atoms with Gasteiger partial charge in [0.2, 0.25) is 0 Å². The third kappa shape index (κ3) is 2.17. The largest absolute Gasteiger partial charge is 0.308 e. The van der Waals surface area contributed by atoms with Gasteiger partial charge in [-0.25, -0.2) is 15.8 Å². The van der Waals surface area contributed by atoms with Crippen molar-refractivity contribution in [2.24, 2.45) is 5.84 Å². The molecule has 2 heterocycles. The van der Waals surface area contributed by atoms with Crippen LogP contribution in [0.2, 0.25) is 0 Å². The molecule has 0 bridgehead atoms. The fourth-order valence-corrected chi connectivity index (χ4v) is 2.64. The Labute approximate surface area is 112 Å². The first kappa shape index (κ1) is 12.0. The summed E-state index contributed by atoms with van der Waals surface area (Å²) < 4.78 is 0. The van der Waals surface area contributed by atoms with E-state index in [0.29, 0.717) is 0 Å². The van der Waals surface area contributed by atoms with Gasteiger partial charge in [0.1, 0.15) is 5.82 Å². The van der Waals surface area contributed by atoms with E-state index in [2.05, 4.69) is 20.4 Å². The van der Waals surface area contributed by atoms with Crippen molar-refractivity contribution in [2.45, 2.75) is 33.1 Å². The number of anilines is 1. The van der Waals surface area contributed by atoms with Crippen molar-refractivity contribution in [3.63, 3.8) is 0 Å². The quantitative estimate of drug-likeness (QED) is 0.633. The second-order valence-electron chi connectivity index (χ2n) is 4.96. The zero-order valence-electron chi connectivity index (χ0n) is 11.2. The Hall–Kier alpha value is -2.01. The Morgan fingerprint density at radius 1 is 1.05 bits per heavy atom. The molecule has 5 nitrogen and oxygen atoms in total. The third-order valence-electron chi connectivity index (χ3n) is 3.41. The number of nitrogens with zero attached hydrogens (tertiary/aromatic N) is 3. The molecule has 0 radical (unpaired) electrons. The molecule has 0 aromatic carbocycles. The van der Waals surface area contributed by atoms with Crippen molar-refractivity contribution in [1.82, 2.24) is 15.0 Å². The number of hydrogen-bond donors (Lipinski definition) is 2. The highest BCUT2D eigenvalue weighted by Gasteiger charge is 2.19. The number of rotatable bonds is 2. The van der Waals surface area contributed by atoms with Gasteiger partial charge in [-0.3, -0.25) is 4.98 Å². The number of nitrogens with two attached hydrogens (primary N) is 1. The van der Waals surface area contributed by atoms with E-state index >= 15 is 0 Å². The van der Waals surface area contributed by atoms with Gasteiger partial charge in [0.25, 0.3) is 0 Å². The lowest BCUT2D eigenvalue weighted by molar-refractivity contribution is 0.900. The summed E-state index contributed by atoms with van der Waals surface area (Å²) >= 11 is 0. The molecule has 0 spiro atoms. The van der Waals surface area contributed by atoms with Crippen molar-refractivity contribution in [3.8, 4) is 11.4 Å². The molecule has 0 atom stereocenters. The summed E-state index contributed by atoms with van der Waals surface area (Å²) in [7, 11) is 0. The zero-order valence-corrected chi connectivity index (χ0v) is 11.2. The molecular formula is C14H17N5. The molecule has 0 saturated carbocycles. The summed E-state index contributed by atoms with van der Waals surface area (Å²) in [5.74, 6) is 7.06. The maximum Gasteiger partial charge on any atom is 0.161 e. The van der Waals surface area contributed by atoms with Crippen LogP contribution in [0.1, 0.15) is 29.1 Å². The van der Waals surface area contributed by atoms with E-state index in [4.69, 9.17) is 5.84 Å². The van der Waals surface area contributed by atoms with Gasteiger partial charge in [-0.1, -0.05) is 0 Å². The number of fused-ring (bicyclic) bond motifs is 1. The molecule has 0 aliphatic heterocycles. The lowest BCUT2D eigenvalue weighted by atomic mass is 10.1. The molecule has 0 fully saturated rings. The minimum Gasteiger partial charge on any atom is -0.308 e. The van der Waals surface area contributed by atoms with Crippen LogP contribution in [0.4, 0.5) is 5.82 Å². The van der Waals surface area contributed by atoms with Gasteiger partial charge in [-0.15, -0.1) is 0 Å². The van der Waals surface area contributed by atoms with E-state index in [1.807, 2.05) is 26.0 Å². The van der Waals surface area contributed by atoms with Gasteiger partial charge in [-0.05, 0) is 45.2 Å². The zero-order chi connectivity index (χ0) is 13.4. The molecule has 3 N–H and O–H groups in total. The molecule has 0 unspecified atom stereocenters. The minimum absolute atomic E-state index is 0.724. The Bertz CT molecular complexity index is 616. The molecule has 98 valence electrons. The maximum atomic E-state index is 5.58. The summed E-state index contributed by atoms with van der Waals surface area (Å²) in [6.07, 6.45) is 3.13. The molecule has 19 heavy (non-hydrogen) atoms. The van der Waals surface area contributed by atoms with Gasteiger partial charge in [0.15, 0.2) is 5.82 Å². The molecule has 2 aromatic heterocycles. The van der Waals surface area contributed by atoms with Crippen LogP contribution < -0.4 is 11.3 Å². The van der Waals surface area contributed by atoms with Crippen LogP contribution in [0.25, 0.3) is 11.4 Å². The van der Waals surface area contributed by atoms with Gasteiger partial charge in [-0.2, -0.15) is 0 Å². The third-order valence-corrected chi connectivity index (χ3v) is 3.41. The molecule has 5 heteroatoms. The summed E-state index contributed by atoms with van der Waals surface area (Å²) in [6, 6.07) is 4.01. The number of hydrazine groups is 1. The lowest BCUT2D eigenvalue weighted by Crippen LogP contribution is -2.13. The van der Waals surface area contributed by atoms with Gasteiger partial charge in [0, 0.05) is 28.2 Å². The first-order chi connectivity index (χ1) is 9.17. The lowest BCUT2D eigenvalue weighted by Gasteiger charge is -2.10. The Morgan fingerprint density at radius 2 is 1.79 bits per heavy atom. The number of nitrogens with one attached hydrogen (secondary N) is 1.